The van der Waals surface area contributed by atoms with Crippen LogP contribution in [0.25, 0.3) is 0 Å². The zero-order valence-electron chi connectivity index (χ0n) is 22.2. The standard InChI is InChI=1S/C28H35N3O5S/c1-16(2)22(24(32)29-14-13-17-11-12-20(35-5)21(15-17)36-6)30-25(33)23-28(3,4)37-27-19-10-8-7-9-18(19)26(34)31(23)27/h7-12,15-16,22-23,27H,13-14H2,1-6H3,(H,29,32)(H,30,33)/t22-,23+,27-/m0/s1. The van der Waals surface area contributed by atoms with Gasteiger partial charge in [0.25, 0.3) is 5.91 Å². The molecule has 1 fully saturated rings. The molecule has 0 spiro atoms. The number of thioether (sulfide) groups is 1. The van der Waals surface area contributed by atoms with Gasteiger partial charge in [-0.2, -0.15) is 0 Å². The minimum absolute atomic E-state index is 0.135. The lowest BCUT2D eigenvalue weighted by Gasteiger charge is -2.32. The number of methoxy groups -OCH3 is 2. The molecule has 4 rings (SSSR count). The van der Waals surface area contributed by atoms with Crippen LogP contribution in [-0.2, 0) is 16.0 Å². The molecular weight excluding hydrogens is 490 g/mol. The number of hydrogen-bond donors (Lipinski definition) is 2. The van der Waals surface area contributed by atoms with Gasteiger partial charge in [0.2, 0.25) is 11.8 Å². The smallest absolute Gasteiger partial charge is 0.256 e. The van der Waals surface area contributed by atoms with E-state index in [4.69, 9.17) is 9.47 Å². The second-order valence-corrected chi connectivity index (χ2v) is 12.0. The molecule has 0 saturated carbocycles. The van der Waals surface area contributed by atoms with Gasteiger partial charge in [0.1, 0.15) is 17.5 Å². The number of amides is 3. The van der Waals surface area contributed by atoms with E-state index >= 15 is 0 Å². The van der Waals surface area contributed by atoms with E-state index in [1.165, 1.54) is 0 Å². The van der Waals surface area contributed by atoms with Gasteiger partial charge in [-0.1, -0.05) is 38.1 Å². The summed E-state index contributed by atoms with van der Waals surface area (Å²) in [5.74, 6) is 0.443. The molecule has 9 heteroatoms. The van der Waals surface area contributed by atoms with Crippen molar-refractivity contribution in [1.29, 1.82) is 0 Å². The summed E-state index contributed by atoms with van der Waals surface area (Å²) in [6.45, 7) is 8.15. The second kappa shape index (κ2) is 10.7. The molecule has 3 amide bonds. The van der Waals surface area contributed by atoms with Crippen molar-refractivity contribution in [3.05, 3.63) is 59.2 Å². The van der Waals surface area contributed by atoms with Crippen molar-refractivity contribution in [2.75, 3.05) is 20.8 Å². The average molecular weight is 526 g/mol. The largest absolute Gasteiger partial charge is 0.493 e. The third-order valence-electron chi connectivity index (χ3n) is 6.95. The number of benzene rings is 2. The predicted molar refractivity (Wildman–Crippen MR) is 144 cm³/mol. The van der Waals surface area contributed by atoms with Gasteiger partial charge < -0.3 is 25.0 Å². The van der Waals surface area contributed by atoms with Gasteiger partial charge in [0.15, 0.2) is 11.5 Å². The third kappa shape index (κ3) is 5.14. The van der Waals surface area contributed by atoms with E-state index in [2.05, 4.69) is 10.6 Å². The summed E-state index contributed by atoms with van der Waals surface area (Å²) in [6.07, 6.45) is 0.597. The third-order valence-corrected chi connectivity index (χ3v) is 8.49. The summed E-state index contributed by atoms with van der Waals surface area (Å²) in [5, 5.41) is 5.71. The van der Waals surface area contributed by atoms with Gasteiger partial charge in [-0.05, 0) is 55.5 Å². The molecule has 0 aliphatic carbocycles. The molecule has 198 valence electrons. The van der Waals surface area contributed by atoms with Crippen LogP contribution in [0.1, 0.15) is 54.6 Å². The first-order valence-corrected chi connectivity index (χ1v) is 13.4. The quantitative estimate of drug-likeness (QED) is 0.520. The number of hydrogen-bond acceptors (Lipinski definition) is 6. The first-order chi connectivity index (χ1) is 17.6. The Morgan fingerprint density at radius 1 is 1.08 bits per heavy atom. The Balaban J connectivity index is 1.42. The summed E-state index contributed by atoms with van der Waals surface area (Å²) in [7, 11) is 3.17. The first kappa shape index (κ1) is 26.9. The van der Waals surface area contributed by atoms with E-state index in [1.54, 1.807) is 36.9 Å². The van der Waals surface area contributed by atoms with Crippen molar-refractivity contribution in [3.63, 3.8) is 0 Å². The summed E-state index contributed by atoms with van der Waals surface area (Å²) in [6, 6.07) is 11.7. The molecule has 2 aliphatic rings. The lowest BCUT2D eigenvalue weighted by Crippen LogP contribution is -2.58. The number of nitrogens with zero attached hydrogens (tertiary/aromatic N) is 1. The Bertz CT molecular complexity index is 1200. The Morgan fingerprint density at radius 2 is 1.78 bits per heavy atom. The van der Waals surface area contributed by atoms with Crippen LogP contribution in [0.3, 0.4) is 0 Å². The van der Waals surface area contributed by atoms with E-state index in [0.29, 0.717) is 30.0 Å². The van der Waals surface area contributed by atoms with Crippen LogP contribution in [-0.4, -0.2) is 60.2 Å². The zero-order chi connectivity index (χ0) is 26.9. The van der Waals surface area contributed by atoms with Crippen molar-refractivity contribution < 1.29 is 23.9 Å². The number of rotatable bonds is 9. The zero-order valence-corrected chi connectivity index (χ0v) is 23.0. The number of nitrogens with one attached hydrogen (secondary N) is 2. The van der Waals surface area contributed by atoms with Crippen molar-refractivity contribution >= 4 is 29.5 Å². The maximum Gasteiger partial charge on any atom is 0.256 e. The molecule has 0 unspecified atom stereocenters. The molecule has 0 bridgehead atoms. The van der Waals surface area contributed by atoms with E-state index in [-0.39, 0.29) is 29.0 Å². The Labute approximate surface area is 222 Å². The number of ether oxygens (including phenoxy) is 2. The number of carbonyl (C=O) groups excluding carboxylic acids is 3. The summed E-state index contributed by atoms with van der Waals surface area (Å²) < 4.78 is 10.1. The van der Waals surface area contributed by atoms with Crippen LogP contribution < -0.4 is 20.1 Å². The van der Waals surface area contributed by atoms with Gasteiger partial charge >= 0.3 is 0 Å². The minimum atomic E-state index is -0.724. The Kier molecular flexibility index (Phi) is 7.73. The molecule has 2 aromatic rings. The highest BCUT2D eigenvalue weighted by molar-refractivity contribution is 8.01. The first-order valence-electron chi connectivity index (χ1n) is 12.5. The lowest BCUT2D eigenvalue weighted by atomic mass is 9.98. The Hall–Kier alpha value is -3.20. The van der Waals surface area contributed by atoms with Crippen molar-refractivity contribution in [2.45, 2.75) is 56.3 Å². The minimum Gasteiger partial charge on any atom is -0.493 e. The van der Waals surface area contributed by atoms with Crippen LogP contribution in [0.5, 0.6) is 11.5 Å². The van der Waals surface area contributed by atoms with Crippen LogP contribution in [0.15, 0.2) is 42.5 Å². The maximum atomic E-state index is 13.6. The van der Waals surface area contributed by atoms with Gasteiger partial charge in [-0.3, -0.25) is 14.4 Å². The molecule has 1 saturated heterocycles. The molecular formula is C28H35N3O5S. The monoisotopic (exact) mass is 525 g/mol. The lowest BCUT2D eigenvalue weighted by molar-refractivity contribution is -0.132. The highest BCUT2D eigenvalue weighted by Gasteiger charge is 2.57. The SMILES string of the molecule is COc1ccc(CCNC(=O)[C@@H](NC(=O)[C@H]2N3C(=O)c4ccccc4[C@@H]3SC2(C)C)C(C)C)cc1OC. The van der Waals surface area contributed by atoms with E-state index in [0.717, 1.165) is 11.1 Å². The molecule has 2 N–H and O–H groups in total. The maximum absolute atomic E-state index is 13.6. The molecule has 0 aromatic heterocycles. The van der Waals surface area contributed by atoms with Crippen molar-refractivity contribution in [3.8, 4) is 11.5 Å². The fourth-order valence-corrected chi connectivity index (χ4v) is 6.64. The molecule has 8 nitrogen and oxygen atoms in total. The normalized spacial score (nSPS) is 20.3. The fraction of sp³-hybridized carbons (Fsp3) is 0.464. The van der Waals surface area contributed by atoms with Crippen molar-refractivity contribution in [2.24, 2.45) is 5.92 Å². The molecule has 2 aliphatic heterocycles. The van der Waals surface area contributed by atoms with Crippen LogP contribution in [0.2, 0.25) is 0 Å². The van der Waals surface area contributed by atoms with Gasteiger partial charge in [0, 0.05) is 16.9 Å². The summed E-state index contributed by atoms with van der Waals surface area (Å²) >= 11 is 1.61. The second-order valence-electron chi connectivity index (χ2n) is 10.2. The average Bonchev–Trinajstić information content (AvgIpc) is 3.30. The van der Waals surface area contributed by atoms with Gasteiger partial charge in [0.05, 0.1) is 14.2 Å². The van der Waals surface area contributed by atoms with Gasteiger partial charge in [-0.25, -0.2) is 0 Å². The van der Waals surface area contributed by atoms with E-state index in [1.807, 2.05) is 64.1 Å². The van der Waals surface area contributed by atoms with E-state index < -0.39 is 16.8 Å². The predicted octanol–water partition coefficient (Wildman–Crippen LogP) is 3.55. The molecule has 2 heterocycles. The van der Waals surface area contributed by atoms with Crippen LogP contribution in [0.4, 0.5) is 0 Å². The summed E-state index contributed by atoms with van der Waals surface area (Å²) in [4.78, 5) is 41.7. The Morgan fingerprint density at radius 3 is 2.46 bits per heavy atom. The van der Waals surface area contributed by atoms with Crippen molar-refractivity contribution in [1.82, 2.24) is 15.5 Å². The summed E-state index contributed by atoms with van der Waals surface area (Å²) in [5.41, 5.74) is 2.57. The molecule has 0 radical (unpaired) electrons. The topological polar surface area (TPSA) is 97.0 Å². The van der Waals surface area contributed by atoms with Crippen LogP contribution in [0, 0.1) is 5.92 Å². The highest BCUT2D eigenvalue weighted by Crippen LogP contribution is 2.56. The highest BCUT2D eigenvalue weighted by atomic mass is 32.2. The van der Waals surface area contributed by atoms with E-state index in [9.17, 15) is 14.4 Å². The number of carbonyl (C=O) groups is 3. The molecule has 3 atom stereocenters. The number of fused-ring (bicyclic) bond motifs is 3. The molecule has 37 heavy (non-hydrogen) atoms. The van der Waals surface area contributed by atoms with Crippen LogP contribution >= 0.6 is 11.8 Å². The molecule has 2 aromatic carbocycles. The fourth-order valence-electron chi connectivity index (χ4n) is 5.05. The van der Waals surface area contributed by atoms with Gasteiger partial charge in [-0.15, -0.1) is 11.8 Å².